The number of alkyl halides is 3. The van der Waals surface area contributed by atoms with Gasteiger partial charge in [0.2, 0.25) is 0 Å². The zero-order chi connectivity index (χ0) is 29.5. The van der Waals surface area contributed by atoms with Gasteiger partial charge in [-0.2, -0.15) is 18.4 Å². The molecule has 2 atom stereocenters. The summed E-state index contributed by atoms with van der Waals surface area (Å²) in [6, 6.07) is 9.11. The Kier molecular flexibility index (Phi) is 10.5. The molecule has 0 aliphatic carbocycles. The summed E-state index contributed by atoms with van der Waals surface area (Å²) < 4.78 is 44.5. The number of hydrogen-bond acceptors (Lipinski definition) is 7. The average molecular weight is 555 g/mol. The molecule has 3 rings (SSSR count). The number of nitrogens with zero attached hydrogens (tertiary/aromatic N) is 3. The van der Waals surface area contributed by atoms with Gasteiger partial charge in [0.15, 0.2) is 0 Å². The lowest BCUT2D eigenvalue weighted by molar-refractivity contribution is -0.192. The van der Waals surface area contributed by atoms with Crippen molar-refractivity contribution in [3.05, 3.63) is 45.7 Å². The Hall–Kier alpha value is -3.63. The minimum absolute atomic E-state index is 0.0742. The molecule has 1 aliphatic rings. The van der Waals surface area contributed by atoms with E-state index in [0.29, 0.717) is 25.2 Å². The molecule has 0 spiro atoms. The highest BCUT2D eigenvalue weighted by molar-refractivity contribution is 5.83. The number of carbonyl (C=O) groups excluding carboxylic acids is 1. The largest absolute Gasteiger partial charge is 0.490 e. The molecule has 214 valence electrons. The van der Waals surface area contributed by atoms with Gasteiger partial charge in [0.25, 0.3) is 5.56 Å². The molecule has 1 fully saturated rings. The van der Waals surface area contributed by atoms with Gasteiger partial charge in [-0.3, -0.25) is 9.69 Å². The number of likely N-dealkylation sites (tertiary alicyclic amines) is 1. The number of alkyl carbamates (subject to hydrolysis) is 1. The van der Waals surface area contributed by atoms with Crippen molar-refractivity contribution in [3.63, 3.8) is 0 Å². The zero-order valence-corrected chi connectivity index (χ0v) is 22.5. The van der Waals surface area contributed by atoms with Crippen molar-refractivity contribution in [2.75, 3.05) is 26.7 Å². The number of rotatable bonds is 5. The standard InChI is InChI=1S/C24H32N4O4.C2HF3O2/c1-16-12-22(29)28(20-13-17(14-25)6-7-18(16)20)11-10-27-9-8-19(21(15-27)31-5)26-23(30)32-24(2,3)4;3-2(4,5)1(6)7/h6-7,12-13,19,21H,8-11,15H2,1-5H3,(H,26,30);(H,6,7)/t19-,21+;/m1./s1. The fourth-order valence-electron chi connectivity index (χ4n) is 4.14. The summed E-state index contributed by atoms with van der Waals surface area (Å²) in [4.78, 5) is 36.0. The summed E-state index contributed by atoms with van der Waals surface area (Å²) in [6.45, 7) is 9.98. The Bertz CT molecular complexity index is 1280. The van der Waals surface area contributed by atoms with Gasteiger partial charge in [0.05, 0.1) is 29.3 Å². The van der Waals surface area contributed by atoms with E-state index in [2.05, 4.69) is 16.3 Å². The third-order valence-corrected chi connectivity index (χ3v) is 5.98. The minimum Gasteiger partial charge on any atom is -0.475 e. The van der Waals surface area contributed by atoms with E-state index >= 15 is 0 Å². The molecular weight excluding hydrogens is 521 g/mol. The van der Waals surface area contributed by atoms with E-state index in [4.69, 9.17) is 19.4 Å². The Labute approximate surface area is 223 Å². The molecule has 2 heterocycles. The summed E-state index contributed by atoms with van der Waals surface area (Å²) in [5, 5.41) is 20.3. The van der Waals surface area contributed by atoms with Crippen LogP contribution in [0.1, 0.15) is 38.3 Å². The fraction of sp³-hybridized carbons (Fsp3) is 0.538. The second-order valence-corrected chi connectivity index (χ2v) is 10.1. The third-order valence-electron chi connectivity index (χ3n) is 5.98. The second-order valence-electron chi connectivity index (χ2n) is 10.1. The number of hydrogen-bond donors (Lipinski definition) is 2. The van der Waals surface area contributed by atoms with Crippen LogP contribution in [0.15, 0.2) is 29.1 Å². The van der Waals surface area contributed by atoms with Crippen LogP contribution < -0.4 is 10.9 Å². The first-order chi connectivity index (χ1) is 18.1. The number of amides is 1. The van der Waals surface area contributed by atoms with Gasteiger partial charge in [0.1, 0.15) is 5.60 Å². The highest BCUT2D eigenvalue weighted by Gasteiger charge is 2.38. The third kappa shape index (κ3) is 9.26. The SMILES string of the molecule is CO[C@H]1CN(CCn2c(=O)cc(C)c3ccc(C#N)cc32)CC[C@H]1NC(=O)OC(C)(C)C.O=C(O)C(F)(F)F. The monoisotopic (exact) mass is 554 g/mol. The number of fused-ring (bicyclic) bond motifs is 1. The van der Waals surface area contributed by atoms with Crippen molar-refractivity contribution in [2.45, 2.75) is 64.6 Å². The zero-order valence-electron chi connectivity index (χ0n) is 22.5. The van der Waals surface area contributed by atoms with E-state index in [1.807, 2.05) is 33.8 Å². The molecule has 0 bridgehead atoms. The van der Waals surface area contributed by atoms with Gasteiger partial charge >= 0.3 is 18.2 Å². The normalized spacial score (nSPS) is 18.0. The number of aliphatic carboxylic acids is 1. The number of nitrogens with one attached hydrogen (secondary N) is 1. The van der Waals surface area contributed by atoms with E-state index in [1.54, 1.807) is 29.9 Å². The number of carboxylic acid groups (broad SMARTS) is 1. The maximum Gasteiger partial charge on any atom is 0.490 e. The molecule has 0 radical (unpaired) electrons. The number of aryl methyl sites for hydroxylation is 1. The molecule has 2 aromatic rings. The van der Waals surface area contributed by atoms with Crippen molar-refractivity contribution in [1.29, 1.82) is 5.26 Å². The van der Waals surface area contributed by atoms with Crippen LogP contribution in [0, 0.1) is 18.3 Å². The van der Waals surface area contributed by atoms with E-state index in [1.165, 1.54) is 0 Å². The molecular formula is C26H33F3N4O6. The Morgan fingerprint density at radius 1 is 1.21 bits per heavy atom. The number of ether oxygens (including phenoxy) is 2. The van der Waals surface area contributed by atoms with Crippen LogP contribution in [0.5, 0.6) is 0 Å². The molecule has 10 nitrogen and oxygen atoms in total. The van der Waals surface area contributed by atoms with E-state index in [0.717, 1.165) is 29.4 Å². The van der Waals surface area contributed by atoms with Crippen LogP contribution in [-0.4, -0.2) is 77.3 Å². The highest BCUT2D eigenvalue weighted by atomic mass is 19.4. The summed E-state index contributed by atoms with van der Waals surface area (Å²) in [6.07, 6.45) is -4.98. The van der Waals surface area contributed by atoms with E-state index < -0.39 is 23.8 Å². The highest BCUT2D eigenvalue weighted by Crippen LogP contribution is 2.19. The molecule has 1 aromatic heterocycles. The first kappa shape index (κ1) is 31.6. The van der Waals surface area contributed by atoms with Crippen LogP contribution in [0.2, 0.25) is 0 Å². The first-order valence-electron chi connectivity index (χ1n) is 12.1. The summed E-state index contributed by atoms with van der Waals surface area (Å²) in [5.41, 5.74) is 1.58. The topological polar surface area (TPSA) is 134 Å². The van der Waals surface area contributed by atoms with Gasteiger partial charge in [-0.15, -0.1) is 0 Å². The molecule has 1 aromatic carbocycles. The molecule has 0 saturated carbocycles. The second kappa shape index (κ2) is 12.9. The lowest BCUT2D eigenvalue weighted by atomic mass is 10.0. The molecule has 0 unspecified atom stereocenters. The molecule has 1 aliphatic heterocycles. The quantitative estimate of drug-likeness (QED) is 0.574. The van der Waals surface area contributed by atoms with Gasteiger partial charge in [0, 0.05) is 44.7 Å². The number of benzene rings is 1. The smallest absolute Gasteiger partial charge is 0.475 e. The maximum atomic E-state index is 12.7. The minimum atomic E-state index is -5.08. The van der Waals surface area contributed by atoms with E-state index in [-0.39, 0.29) is 17.7 Å². The molecule has 39 heavy (non-hydrogen) atoms. The van der Waals surface area contributed by atoms with Gasteiger partial charge in [-0.25, -0.2) is 9.59 Å². The Balaban J connectivity index is 0.000000673. The van der Waals surface area contributed by atoms with Crippen LogP contribution in [0.25, 0.3) is 10.9 Å². The average Bonchev–Trinajstić information content (AvgIpc) is 2.82. The van der Waals surface area contributed by atoms with Crippen LogP contribution in [0.3, 0.4) is 0 Å². The van der Waals surface area contributed by atoms with Gasteiger partial charge < -0.3 is 24.5 Å². The number of nitriles is 1. The van der Waals surface area contributed by atoms with Crippen molar-refractivity contribution in [3.8, 4) is 6.07 Å². The lowest BCUT2D eigenvalue weighted by Gasteiger charge is -2.38. The predicted octanol–water partition coefficient (Wildman–Crippen LogP) is 3.43. The number of halogens is 3. The number of carboxylic acids is 1. The summed E-state index contributed by atoms with van der Waals surface area (Å²) in [7, 11) is 1.64. The maximum absolute atomic E-state index is 12.7. The van der Waals surface area contributed by atoms with Crippen molar-refractivity contribution < 1.29 is 37.3 Å². The predicted molar refractivity (Wildman–Crippen MR) is 136 cm³/mol. The van der Waals surface area contributed by atoms with Crippen molar-refractivity contribution >= 4 is 23.0 Å². The summed E-state index contributed by atoms with van der Waals surface area (Å²) in [5.74, 6) is -2.76. The number of carbonyl (C=O) groups is 2. The number of aromatic nitrogens is 1. The van der Waals surface area contributed by atoms with Crippen molar-refractivity contribution in [2.24, 2.45) is 0 Å². The van der Waals surface area contributed by atoms with Gasteiger partial charge in [-0.1, -0.05) is 6.07 Å². The van der Waals surface area contributed by atoms with E-state index in [9.17, 15) is 28.0 Å². The van der Waals surface area contributed by atoms with Crippen LogP contribution >= 0.6 is 0 Å². The number of methoxy groups -OCH3 is 1. The van der Waals surface area contributed by atoms with Gasteiger partial charge in [-0.05, 0) is 51.8 Å². The fourth-order valence-corrected chi connectivity index (χ4v) is 4.14. The number of pyridine rings is 1. The molecule has 2 N–H and O–H groups in total. The molecule has 1 amide bonds. The summed E-state index contributed by atoms with van der Waals surface area (Å²) >= 11 is 0. The lowest BCUT2D eigenvalue weighted by Crippen LogP contribution is -2.55. The molecule has 1 saturated heterocycles. The Morgan fingerprint density at radius 3 is 2.38 bits per heavy atom. The first-order valence-corrected chi connectivity index (χ1v) is 12.1. The number of piperidine rings is 1. The Morgan fingerprint density at radius 2 is 1.85 bits per heavy atom. The van der Waals surface area contributed by atoms with Crippen LogP contribution in [0.4, 0.5) is 18.0 Å². The van der Waals surface area contributed by atoms with Crippen molar-refractivity contribution in [1.82, 2.24) is 14.8 Å². The van der Waals surface area contributed by atoms with Crippen LogP contribution in [-0.2, 0) is 20.8 Å². The molecule has 13 heteroatoms.